The Balaban J connectivity index is 1.61. The van der Waals surface area contributed by atoms with Crippen LogP contribution in [0.5, 0.6) is 0 Å². The van der Waals surface area contributed by atoms with E-state index in [1.807, 2.05) is 0 Å². The molecule has 0 aliphatic carbocycles. The average Bonchev–Trinajstić information content (AvgIpc) is 2.86. The Bertz CT molecular complexity index is 638. The molecule has 21 heavy (non-hydrogen) atoms. The van der Waals surface area contributed by atoms with E-state index in [0.29, 0.717) is 6.54 Å². The van der Waals surface area contributed by atoms with Crippen LogP contribution in [0.25, 0.3) is 0 Å². The highest BCUT2D eigenvalue weighted by molar-refractivity contribution is 5.84. The van der Waals surface area contributed by atoms with E-state index in [4.69, 9.17) is 5.11 Å². The minimum Gasteiger partial charge on any atom is -0.476 e. The van der Waals surface area contributed by atoms with E-state index in [9.17, 15) is 4.79 Å². The highest BCUT2D eigenvalue weighted by atomic mass is 16.4. The lowest BCUT2D eigenvalue weighted by Gasteiger charge is -2.20. The first-order valence-corrected chi connectivity index (χ1v) is 7.15. The molecule has 6 heteroatoms. The van der Waals surface area contributed by atoms with Gasteiger partial charge in [-0.1, -0.05) is 29.5 Å². The van der Waals surface area contributed by atoms with Crippen molar-refractivity contribution in [2.24, 2.45) is 0 Å². The Morgan fingerprint density at radius 3 is 2.81 bits per heavy atom. The molecule has 0 unspecified atom stereocenters. The van der Waals surface area contributed by atoms with E-state index in [0.717, 1.165) is 32.5 Å². The fourth-order valence-corrected chi connectivity index (χ4v) is 2.71. The molecule has 1 aliphatic heterocycles. The molecule has 0 saturated carbocycles. The van der Waals surface area contributed by atoms with Crippen molar-refractivity contribution in [2.75, 3.05) is 13.1 Å². The van der Waals surface area contributed by atoms with Gasteiger partial charge in [0, 0.05) is 13.1 Å². The van der Waals surface area contributed by atoms with E-state index in [1.165, 1.54) is 17.3 Å². The number of rotatable bonds is 4. The van der Waals surface area contributed by atoms with Crippen LogP contribution in [0.3, 0.4) is 0 Å². The predicted molar refractivity (Wildman–Crippen MR) is 77.0 cm³/mol. The molecule has 0 spiro atoms. The van der Waals surface area contributed by atoms with Gasteiger partial charge in [0.05, 0.1) is 12.7 Å². The number of fused-ring (bicyclic) bond motifs is 1. The maximum atomic E-state index is 10.8. The maximum Gasteiger partial charge on any atom is 0.358 e. The number of carbonyl (C=O) groups is 1. The summed E-state index contributed by atoms with van der Waals surface area (Å²) < 4.78 is 1.60. The number of nitrogens with zero attached hydrogens (tertiary/aromatic N) is 4. The first kappa shape index (κ1) is 13.8. The van der Waals surface area contributed by atoms with Gasteiger partial charge in [-0.3, -0.25) is 9.58 Å². The number of aromatic nitrogens is 3. The van der Waals surface area contributed by atoms with Gasteiger partial charge in [-0.05, 0) is 30.5 Å². The Kier molecular flexibility index (Phi) is 3.96. The van der Waals surface area contributed by atoms with Crippen molar-refractivity contribution in [1.29, 1.82) is 0 Å². The Labute approximate surface area is 123 Å². The molecular formula is C15H18N4O2. The van der Waals surface area contributed by atoms with Gasteiger partial charge in [-0.15, -0.1) is 5.10 Å². The van der Waals surface area contributed by atoms with Crippen molar-refractivity contribution in [3.05, 3.63) is 47.3 Å². The predicted octanol–water partition coefficient (Wildman–Crippen LogP) is 1.42. The van der Waals surface area contributed by atoms with Crippen molar-refractivity contribution in [2.45, 2.75) is 25.9 Å². The van der Waals surface area contributed by atoms with Gasteiger partial charge < -0.3 is 5.11 Å². The molecule has 1 aromatic carbocycles. The lowest BCUT2D eigenvalue weighted by atomic mass is 10.0. The fraction of sp³-hybridized carbons (Fsp3) is 0.400. The van der Waals surface area contributed by atoms with Crippen molar-refractivity contribution in [1.82, 2.24) is 19.9 Å². The van der Waals surface area contributed by atoms with Gasteiger partial charge in [0.25, 0.3) is 0 Å². The monoisotopic (exact) mass is 286 g/mol. The molecule has 0 atom stereocenters. The van der Waals surface area contributed by atoms with Gasteiger partial charge in [0.2, 0.25) is 0 Å². The third kappa shape index (κ3) is 3.28. The van der Waals surface area contributed by atoms with Gasteiger partial charge in [0.15, 0.2) is 5.69 Å². The maximum absolute atomic E-state index is 10.8. The van der Waals surface area contributed by atoms with Gasteiger partial charge in [-0.25, -0.2) is 4.79 Å². The first-order valence-electron chi connectivity index (χ1n) is 7.15. The highest BCUT2D eigenvalue weighted by Gasteiger charge is 2.14. The van der Waals surface area contributed by atoms with E-state index >= 15 is 0 Å². The summed E-state index contributed by atoms with van der Waals surface area (Å²) in [5.74, 6) is -1.04. The number of aryl methyl sites for hydroxylation is 1. The SMILES string of the molecule is O=C(O)c1cn(CCN2CCCc3ccccc3C2)nn1. The number of hydrogen-bond donors (Lipinski definition) is 1. The molecule has 1 N–H and O–H groups in total. The standard InChI is InChI=1S/C15H18N4O2/c20-15(21)14-11-19(17-16-14)9-8-18-7-3-6-12-4-1-2-5-13(12)10-18/h1-2,4-5,11H,3,6-10H2,(H,20,21). The lowest BCUT2D eigenvalue weighted by Crippen LogP contribution is -2.27. The quantitative estimate of drug-likeness (QED) is 0.920. The summed E-state index contributed by atoms with van der Waals surface area (Å²) in [6, 6.07) is 8.57. The van der Waals surface area contributed by atoms with Crippen molar-refractivity contribution in [3.8, 4) is 0 Å². The molecule has 0 amide bonds. The zero-order valence-electron chi connectivity index (χ0n) is 11.8. The van der Waals surface area contributed by atoms with Crippen LogP contribution >= 0.6 is 0 Å². The molecular weight excluding hydrogens is 268 g/mol. The molecule has 1 aromatic heterocycles. The molecule has 0 saturated heterocycles. The van der Waals surface area contributed by atoms with Crippen LogP contribution in [0.4, 0.5) is 0 Å². The summed E-state index contributed by atoms with van der Waals surface area (Å²) in [7, 11) is 0. The van der Waals surface area contributed by atoms with Crippen LogP contribution in [0.1, 0.15) is 28.0 Å². The molecule has 0 bridgehead atoms. The molecule has 6 nitrogen and oxygen atoms in total. The van der Waals surface area contributed by atoms with E-state index in [1.54, 1.807) is 4.68 Å². The van der Waals surface area contributed by atoms with E-state index in [-0.39, 0.29) is 5.69 Å². The molecule has 1 aliphatic rings. The van der Waals surface area contributed by atoms with Crippen LogP contribution in [-0.2, 0) is 19.5 Å². The Morgan fingerprint density at radius 1 is 1.24 bits per heavy atom. The fourth-order valence-electron chi connectivity index (χ4n) is 2.71. The zero-order valence-corrected chi connectivity index (χ0v) is 11.8. The van der Waals surface area contributed by atoms with Gasteiger partial charge in [0.1, 0.15) is 0 Å². The summed E-state index contributed by atoms with van der Waals surface area (Å²) in [5, 5.41) is 16.3. The number of hydrogen-bond acceptors (Lipinski definition) is 4. The van der Waals surface area contributed by atoms with Gasteiger partial charge in [-0.2, -0.15) is 0 Å². The van der Waals surface area contributed by atoms with Crippen molar-refractivity contribution in [3.63, 3.8) is 0 Å². The third-order valence-electron chi connectivity index (χ3n) is 3.84. The Hall–Kier alpha value is -2.21. The van der Waals surface area contributed by atoms with Crippen LogP contribution in [0, 0.1) is 0 Å². The summed E-state index contributed by atoms with van der Waals surface area (Å²) in [6.45, 7) is 3.49. The van der Waals surface area contributed by atoms with Crippen LogP contribution in [0.15, 0.2) is 30.5 Å². The van der Waals surface area contributed by atoms with E-state index < -0.39 is 5.97 Å². The molecule has 0 radical (unpaired) electrons. The first-order chi connectivity index (χ1) is 10.2. The summed E-state index contributed by atoms with van der Waals surface area (Å²) >= 11 is 0. The van der Waals surface area contributed by atoms with Crippen molar-refractivity contribution >= 4 is 5.97 Å². The number of carboxylic acid groups (broad SMARTS) is 1. The molecule has 2 aromatic rings. The van der Waals surface area contributed by atoms with Crippen LogP contribution < -0.4 is 0 Å². The Morgan fingerprint density at radius 2 is 2.05 bits per heavy atom. The second-order valence-corrected chi connectivity index (χ2v) is 5.32. The van der Waals surface area contributed by atoms with Gasteiger partial charge >= 0.3 is 5.97 Å². The minimum atomic E-state index is -1.04. The second kappa shape index (κ2) is 6.05. The summed E-state index contributed by atoms with van der Waals surface area (Å²) in [6.07, 6.45) is 3.75. The van der Waals surface area contributed by atoms with Crippen molar-refractivity contribution < 1.29 is 9.90 Å². The van der Waals surface area contributed by atoms with Crippen LogP contribution in [0.2, 0.25) is 0 Å². The number of carboxylic acids is 1. The highest BCUT2D eigenvalue weighted by Crippen LogP contribution is 2.18. The molecule has 110 valence electrons. The lowest BCUT2D eigenvalue weighted by molar-refractivity contribution is 0.0690. The molecule has 0 fully saturated rings. The van der Waals surface area contributed by atoms with E-state index in [2.05, 4.69) is 39.5 Å². The number of aromatic carboxylic acids is 1. The molecule has 3 rings (SSSR count). The summed E-state index contributed by atoms with van der Waals surface area (Å²) in [5.41, 5.74) is 2.82. The number of benzene rings is 1. The largest absolute Gasteiger partial charge is 0.476 e. The summed E-state index contributed by atoms with van der Waals surface area (Å²) in [4.78, 5) is 13.2. The third-order valence-corrected chi connectivity index (χ3v) is 3.84. The zero-order chi connectivity index (χ0) is 14.7. The second-order valence-electron chi connectivity index (χ2n) is 5.32. The smallest absolute Gasteiger partial charge is 0.358 e. The normalized spacial score (nSPS) is 15.4. The minimum absolute atomic E-state index is 0.00351. The van der Waals surface area contributed by atoms with Crippen LogP contribution in [-0.4, -0.2) is 44.1 Å². The molecule has 2 heterocycles. The topological polar surface area (TPSA) is 71.2 Å². The average molecular weight is 286 g/mol.